The molecular weight excluding hydrogens is 249 g/mol. The smallest absolute Gasteiger partial charge is 0.139 e. The van der Waals surface area contributed by atoms with Crippen molar-refractivity contribution in [3.63, 3.8) is 0 Å². The van der Waals surface area contributed by atoms with Crippen molar-refractivity contribution in [1.29, 1.82) is 0 Å². The van der Waals surface area contributed by atoms with Gasteiger partial charge in [0.1, 0.15) is 22.9 Å². The van der Waals surface area contributed by atoms with Gasteiger partial charge in [-0.3, -0.25) is 0 Å². The van der Waals surface area contributed by atoms with Crippen molar-refractivity contribution in [2.45, 2.75) is 13.3 Å². The van der Waals surface area contributed by atoms with E-state index in [1.807, 2.05) is 6.92 Å². The summed E-state index contributed by atoms with van der Waals surface area (Å²) in [4.78, 5) is 4.62. The Balaban J connectivity index is 1.95. The van der Waals surface area contributed by atoms with Crippen LogP contribution in [0.4, 0.5) is 0 Å². The minimum Gasteiger partial charge on any atom is -0.241 e. The summed E-state index contributed by atoms with van der Waals surface area (Å²) < 4.78 is 1.25. The molecule has 0 unspecified atom stereocenters. The fourth-order valence-electron chi connectivity index (χ4n) is 1.69. The number of hydrogen-bond acceptors (Lipinski definition) is 5. The number of hydrogen-bond donors (Lipinski definition) is 0. The molecule has 0 amide bonds. The summed E-state index contributed by atoms with van der Waals surface area (Å²) >= 11 is 3.38. The van der Waals surface area contributed by atoms with E-state index in [2.05, 4.69) is 41.2 Å². The third-order valence-electron chi connectivity index (χ3n) is 2.46. The maximum atomic E-state index is 4.62. The second-order valence-electron chi connectivity index (χ2n) is 3.97. The van der Waals surface area contributed by atoms with E-state index >= 15 is 0 Å². The van der Waals surface area contributed by atoms with Crippen LogP contribution in [0.2, 0.25) is 0 Å². The van der Waals surface area contributed by atoms with Gasteiger partial charge in [0.15, 0.2) is 0 Å². The van der Waals surface area contributed by atoms with Gasteiger partial charge in [0.2, 0.25) is 0 Å². The second-order valence-corrected chi connectivity index (χ2v) is 6.35. The molecule has 84 valence electrons. The van der Waals surface area contributed by atoms with Gasteiger partial charge < -0.3 is 0 Å². The summed E-state index contributed by atoms with van der Waals surface area (Å²) in [7, 11) is 2.10. The first-order chi connectivity index (χ1) is 8.20. The normalized spacial score (nSPS) is 11.1. The van der Waals surface area contributed by atoms with Gasteiger partial charge in [-0.05, 0) is 19.1 Å². The Labute approximate surface area is 108 Å². The fourth-order valence-corrected chi connectivity index (χ4v) is 3.57. The molecule has 17 heavy (non-hydrogen) atoms. The van der Waals surface area contributed by atoms with E-state index in [1.165, 1.54) is 10.2 Å². The third-order valence-corrected chi connectivity index (χ3v) is 4.32. The van der Waals surface area contributed by atoms with Gasteiger partial charge >= 0.3 is 0 Å². The van der Waals surface area contributed by atoms with Gasteiger partial charge in [-0.2, -0.15) is 0 Å². The maximum Gasteiger partial charge on any atom is 0.139 e. The molecule has 0 radical (unpaired) electrons. The summed E-state index contributed by atoms with van der Waals surface area (Å²) in [5, 5.41) is 11.3. The lowest BCUT2D eigenvalue weighted by Gasteiger charge is -1.88. The van der Waals surface area contributed by atoms with Crippen molar-refractivity contribution in [2.24, 2.45) is 0 Å². The molecule has 0 saturated carbocycles. The van der Waals surface area contributed by atoms with Crippen LogP contribution in [0, 0.1) is 6.92 Å². The Morgan fingerprint density at radius 1 is 1.18 bits per heavy atom. The predicted molar refractivity (Wildman–Crippen MR) is 75.2 cm³/mol. The first kappa shape index (κ1) is 10.9. The Morgan fingerprint density at radius 2 is 2.06 bits per heavy atom. The Kier molecular flexibility index (Phi) is 2.68. The molecule has 0 bridgehead atoms. The molecule has 0 spiro atoms. The van der Waals surface area contributed by atoms with E-state index in [0.29, 0.717) is 0 Å². The van der Waals surface area contributed by atoms with Crippen LogP contribution >= 0.6 is 22.7 Å². The number of aryl methyl sites for hydroxylation is 1. The minimum absolute atomic E-state index is 0.796. The lowest BCUT2D eigenvalue weighted by atomic mass is 9.97. The molecule has 0 fully saturated rings. The molecule has 0 aliphatic carbocycles. The summed E-state index contributed by atoms with van der Waals surface area (Å²) in [5.74, 6) is 0. The quantitative estimate of drug-likeness (QED) is 0.651. The van der Waals surface area contributed by atoms with E-state index in [4.69, 9.17) is 0 Å². The maximum absolute atomic E-state index is 4.62. The van der Waals surface area contributed by atoms with E-state index < -0.39 is 0 Å². The van der Waals surface area contributed by atoms with Crippen molar-refractivity contribution in [3.8, 4) is 0 Å². The zero-order valence-corrected chi connectivity index (χ0v) is 11.2. The van der Waals surface area contributed by atoms with Crippen LogP contribution in [-0.2, 0) is 6.42 Å². The summed E-state index contributed by atoms with van der Waals surface area (Å²) in [6.45, 7) is 1.98. The van der Waals surface area contributed by atoms with Crippen LogP contribution in [0.3, 0.4) is 0 Å². The van der Waals surface area contributed by atoms with Crippen molar-refractivity contribution < 1.29 is 0 Å². The predicted octanol–water partition coefficient (Wildman–Crippen LogP) is 1.31. The molecule has 2 aromatic heterocycles. The number of aromatic nitrogens is 3. The SMILES string of the molecule is Bc1ccc2nc(Cc3nnc(C)s3)sc2c1. The van der Waals surface area contributed by atoms with Crippen molar-refractivity contribution in [2.75, 3.05) is 0 Å². The Bertz CT molecular complexity index is 674. The number of benzene rings is 1. The molecule has 3 rings (SSSR count). The number of rotatable bonds is 2. The molecule has 3 nitrogen and oxygen atoms in total. The molecule has 0 N–H and O–H groups in total. The second kappa shape index (κ2) is 4.20. The van der Waals surface area contributed by atoms with Crippen LogP contribution < -0.4 is 5.46 Å². The van der Waals surface area contributed by atoms with Crippen molar-refractivity contribution in [1.82, 2.24) is 15.2 Å². The van der Waals surface area contributed by atoms with E-state index in [0.717, 1.165) is 27.0 Å². The molecular formula is C11H10BN3S2. The fraction of sp³-hybridized carbons (Fsp3) is 0.182. The summed E-state index contributed by atoms with van der Waals surface area (Å²) in [6.07, 6.45) is 0.796. The monoisotopic (exact) mass is 259 g/mol. The van der Waals surface area contributed by atoms with Gasteiger partial charge in [-0.1, -0.05) is 11.5 Å². The van der Waals surface area contributed by atoms with Crippen molar-refractivity contribution >= 4 is 46.2 Å². The average molecular weight is 259 g/mol. The lowest BCUT2D eigenvalue weighted by Crippen LogP contribution is -1.98. The highest BCUT2D eigenvalue weighted by molar-refractivity contribution is 7.18. The molecule has 1 aromatic carbocycles. The molecule has 3 aromatic rings. The Hall–Kier alpha value is -1.27. The van der Waals surface area contributed by atoms with Gasteiger partial charge in [-0.15, -0.1) is 32.9 Å². The topological polar surface area (TPSA) is 38.7 Å². The lowest BCUT2D eigenvalue weighted by molar-refractivity contribution is 0.977. The largest absolute Gasteiger partial charge is 0.241 e. The number of fused-ring (bicyclic) bond motifs is 1. The Morgan fingerprint density at radius 3 is 2.82 bits per heavy atom. The van der Waals surface area contributed by atoms with Gasteiger partial charge in [0.25, 0.3) is 0 Å². The van der Waals surface area contributed by atoms with Gasteiger partial charge in [0, 0.05) is 0 Å². The average Bonchev–Trinajstić information content (AvgIpc) is 2.84. The van der Waals surface area contributed by atoms with Gasteiger partial charge in [0.05, 0.1) is 16.6 Å². The molecule has 0 aliphatic heterocycles. The number of nitrogens with zero attached hydrogens (tertiary/aromatic N) is 3. The van der Waals surface area contributed by atoms with Crippen molar-refractivity contribution in [3.05, 3.63) is 33.2 Å². The van der Waals surface area contributed by atoms with E-state index in [1.54, 1.807) is 22.7 Å². The van der Waals surface area contributed by atoms with Crippen LogP contribution in [0.15, 0.2) is 18.2 Å². The molecule has 2 heterocycles. The zero-order chi connectivity index (χ0) is 11.8. The van der Waals surface area contributed by atoms with Crippen LogP contribution in [0.25, 0.3) is 10.2 Å². The number of thiazole rings is 1. The molecule has 0 aliphatic rings. The first-order valence-corrected chi connectivity index (χ1v) is 6.99. The van der Waals surface area contributed by atoms with E-state index in [9.17, 15) is 0 Å². The summed E-state index contributed by atoms with van der Waals surface area (Å²) in [5.41, 5.74) is 2.36. The van der Waals surface area contributed by atoms with Crippen LogP contribution in [0.5, 0.6) is 0 Å². The molecule has 0 atom stereocenters. The molecule has 6 heteroatoms. The highest BCUT2D eigenvalue weighted by Gasteiger charge is 2.07. The third kappa shape index (κ3) is 2.23. The van der Waals surface area contributed by atoms with Crippen LogP contribution in [0.1, 0.15) is 15.0 Å². The summed E-state index contributed by atoms with van der Waals surface area (Å²) in [6, 6.07) is 6.36. The first-order valence-electron chi connectivity index (χ1n) is 5.36. The zero-order valence-electron chi connectivity index (χ0n) is 9.60. The molecule has 0 saturated heterocycles. The van der Waals surface area contributed by atoms with E-state index in [-0.39, 0.29) is 0 Å². The highest BCUT2D eigenvalue weighted by Crippen LogP contribution is 2.23. The van der Waals surface area contributed by atoms with Gasteiger partial charge in [-0.25, -0.2) is 4.98 Å². The minimum atomic E-state index is 0.796. The standard InChI is InChI=1S/C11H10BN3S2/c1-6-14-15-11(16-6)5-10-13-8-3-2-7(12)4-9(8)17-10/h2-4H,5,12H2,1H3. The van der Waals surface area contributed by atoms with Crippen LogP contribution in [-0.4, -0.2) is 23.0 Å². The highest BCUT2D eigenvalue weighted by atomic mass is 32.1.